The third-order valence-corrected chi connectivity index (χ3v) is 3.63. The maximum atomic E-state index is 9.75. The van der Waals surface area contributed by atoms with Crippen molar-refractivity contribution in [2.45, 2.75) is 76.2 Å². The molecule has 5 atom stereocenters. The topological polar surface area (TPSA) is 99.4 Å². The van der Waals surface area contributed by atoms with Crippen molar-refractivity contribution < 1.29 is 29.9 Å². The molecule has 1 fully saturated rings. The number of hydrogen-bond donors (Lipinski definition) is 4. The molecular weight excluding hydrogens is 264 g/mol. The molecule has 4 N–H and O–H groups in total. The van der Waals surface area contributed by atoms with Gasteiger partial charge in [0.05, 0.1) is 6.61 Å². The van der Waals surface area contributed by atoms with Gasteiger partial charge in [-0.25, -0.2) is 0 Å². The first-order chi connectivity index (χ1) is 9.61. The molecular formula is C14H28O6. The Kier molecular flexibility index (Phi) is 8.60. The molecule has 120 valence electrons. The zero-order valence-corrected chi connectivity index (χ0v) is 12.1. The highest BCUT2D eigenvalue weighted by Gasteiger charge is 2.43. The molecule has 0 aromatic rings. The monoisotopic (exact) mass is 292 g/mol. The van der Waals surface area contributed by atoms with E-state index in [1.165, 1.54) is 19.3 Å². The third kappa shape index (κ3) is 5.27. The molecule has 6 nitrogen and oxygen atoms in total. The molecule has 1 heterocycles. The van der Waals surface area contributed by atoms with Crippen molar-refractivity contribution in [3.63, 3.8) is 0 Å². The van der Waals surface area contributed by atoms with Crippen LogP contribution < -0.4 is 0 Å². The molecule has 1 aliphatic rings. The highest BCUT2D eigenvalue weighted by atomic mass is 16.7. The third-order valence-electron chi connectivity index (χ3n) is 3.63. The van der Waals surface area contributed by atoms with Gasteiger partial charge in [0.2, 0.25) is 0 Å². The van der Waals surface area contributed by atoms with Crippen molar-refractivity contribution >= 4 is 0 Å². The van der Waals surface area contributed by atoms with Crippen LogP contribution in [-0.4, -0.2) is 64.3 Å². The Morgan fingerprint density at radius 1 is 0.900 bits per heavy atom. The molecule has 0 amide bonds. The predicted octanol–water partition coefficient (Wildman–Crippen LogP) is 0.163. The van der Waals surface area contributed by atoms with E-state index in [4.69, 9.17) is 14.6 Å². The van der Waals surface area contributed by atoms with E-state index >= 15 is 0 Å². The quantitative estimate of drug-likeness (QED) is 0.452. The van der Waals surface area contributed by atoms with Crippen molar-refractivity contribution in [2.24, 2.45) is 0 Å². The first kappa shape index (κ1) is 17.8. The molecule has 1 aliphatic heterocycles. The van der Waals surface area contributed by atoms with Crippen LogP contribution in [0.25, 0.3) is 0 Å². The molecule has 1 saturated heterocycles. The fraction of sp³-hybridized carbons (Fsp3) is 1.00. The minimum absolute atomic E-state index is 0.425. The highest BCUT2D eigenvalue weighted by molar-refractivity contribution is 4.88. The number of unbranched alkanes of at least 4 members (excludes halogenated alkanes) is 5. The SMILES string of the molecule is CCCCCCCCO[C@H]1O[C@H](CO)[C@H](O)[C@H](O)[C@@H]1O. The summed E-state index contributed by atoms with van der Waals surface area (Å²) in [6.45, 7) is 2.17. The Balaban J connectivity index is 2.21. The maximum Gasteiger partial charge on any atom is 0.186 e. The molecule has 0 aromatic heterocycles. The van der Waals surface area contributed by atoms with E-state index in [9.17, 15) is 15.3 Å². The smallest absolute Gasteiger partial charge is 0.186 e. The van der Waals surface area contributed by atoms with Crippen LogP contribution in [0.1, 0.15) is 45.4 Å². The number of ether oxygens (including phenoxy) is 2. The van der Waals surface area contributed by atoms with Gasteiger partial charge in [0.1, 0.15) is 24.4 Å². The van der Waals surface area contributed by atoms with Gasteiger partial charge in [0.25, 0.3) is 0 Å². The Labute approximate surface area is 120 Å². The molecule has 0 saturated carbocycles. The summed E-state index contributed by atoms with van der Waals surface area (Å²) in [7, 11) is 0. The molecule has 6 heteroatoms. The summed E-state index contributed by atoms with van der Waals surface area (Å²) in [5, 5.41) is 38.0. The first-order valence-corrected chi connectivity index (χ1v) is 7.54. The van der Waals surface area contributed by atoms with Gasteiger partial charge >= 0.3 is 0 Å². The van der Waals surface area contributed by atoms with Crippen LogP contribution in [0.5, 0.6) is 0 Å². The Morgan fingerprint density at radius 3 is 2.20 bits per heavy atom. The van der Waals surface area contributed by atoms with Gasteiger partial charge < -0.3 is 29.9 Å². The van der Waals surface area contributed by atoms with E-state index in [-0.39, 0.29) is 0 Å². The van der Waals surface area contributed by atoms with Gasteiger partial charge in [-0.15, -0.1) is 0 Å². The van der Waals surface area contributed by atoms with Gasteiger partial charge in [-0.05, 0) is 6.42 Å². The van der Waals surface area contributed by atoms with Crippen LogP contribution in [0.2, 0.25) is 0 Å². The standard InChI is InChI=1S/C14H28O6/c1-2-3-4-5-6-7-8-19-14-13(18)12(17)11(16)10(9-15)20-14/h10-18H,2-9H2,1H3/t10-,11+,12+,13+,14+/m1/s1. The van der Waals surface area contributed by atoms with E-state index in [0.717, 1.165) is 19.3 Å². The fourth-order valence-electron chi connectivity index (χ4n) is 2.29. The molecule has 20 heavy (non-hydrogen) atoms. The van der Waals surface area contributed by atoms with Crippen LogP contribution in [0.4, 0.5) is 0 Å². The van der Waals surface area contributed by atoms with E-state index in [1.54, 1.807) is 0 Å². The summed E-state index contributed by atoms with van der Waals surface area (Å²) in [6.07, 6.45) is 0.851. The van der Waals surface area contributed by atoms with Crippen molar-refractivity contribution in [1.82, 2.24) is 0 Å². The normalized spacial score (nSPS) is 34.4. The second-order valence-electron chi connectivity index (χ2n) is 5.34. The summed E-state index contributed by atoms with van der Waals surface area (Å²) >= 11 is 0. The first-order valence-electron chi connectivity index (χ1n) is 7.54. The van der Waals surface area contributed by atoms with Gasteiger partial charge in [0, 0.05) is 6.61 Å². The van der Waals surface area contributed by atoms with E-state index < -0.39 is 37.3 Å². The average Bonchev–Trinajstić information content (AvgIpc) is 2.46. The van der Waals surface area contributed by atoms with Gasteiger partial charge in [0.15, 0.2) is 6.29 Å². The molecule has 0 aromatic carbocycles. The summed E-state index contributed by atoms with van der Waals surface area (Å²) in [5.41, 5.74) is 0. The lowest BCUT2D eigenvalue weighted by atomic mass is 9.99. The van der Waals surface area contributed by atoms with Crippen LogP contribution in [0.3, 0.4) is 0 Å². The van der Waals surface area contributed by atoms with Crippen LogP contribution in [0, 0.1) is 0 Å². The molecule has 0 radical (unpaired) electrons. The molecule has 0 bridgehead atoms. The van der Waals surface area contributed by atoms with Crippen molar-refractivity contribution in [3.05, 3.63) is 0 Å². The molecule has 1 rings (SSSR count). The lowest BCUT2D eigenvalue weighted by molar-refractivity contribution is -0.301. The van der Waals surface area contributed by atoms with Gasteiger partial charge in [-0.2, -0.15) is 0 Å². The highest BCUT2D eigenvalue weighted by Crippen LogP contribution is 2.22. The molecule has 0 aliphatic carbocycles. The summed E-state index contributed by atoms with van der Waals surface area (Å²) in [5.74, 6) is 0. The number of rotatable bonds is 9. The largest absolute Gasteiger partial charge is 0.394 e. The Hall–Kier alpha value is -0.240. The zero-order chi connectivity index (χ0) is 15.0. The van der Waals surface area contributed by atoms with E-state index in [0.29, 0.717) is 6.61 Å². The lowest BCUT2D eigenvalue weighted by Crippen LogP contribution is -2.59. The maximum absolute atomic E-state index is 9.75. The number of aliphatic hydroxyl groups is 4. The van der Waals surface area contributed by atoms with E-state index in [1.807, 2.05) is 0 Å². The van der Waals surface area contributed by atoms with E-state index in [2.05, 4.69) is 6.92 Å². The Morgan fingerprint density at radius 2 is 1.55 bits per heavy atom. The zero-order valence-electron chi connectivity index (χ0n) is 12.1. The lowest BCUT2D eigenvalue weighted by Gasteiger charge is -2.39. The minimum Gasteiger partial charge on any atom is -0.394 e. The second kappa shape index (κ2) is 9.65. The van der Waals surface area contributed by atoms with Gasteiger partial charge in [-0.1, -0.05) is 39.0 Å². The summed E-state index contributed by atoms with van der Waals surface area (Å²) < 4.78 is 10.6. The van der Waals surface area contributed by atoms with Crippen LogP contribution >= 0.6 is 0 Å². The fourth-order valence-corrected chi connectivity index (χ4v) is 2.29. The number of aliphatic hydroxyl groups excluding tert-OH is 4. The average molecular weight is 292 g/mol. The minimum atomic E-state index is -1.37. The van der Waals surface area contributed by atoms with Crippen LogP contribution in [-0.2, 0) is 9.47 Å². The van der Waals surface area contributed by atoms with Crippen molar-refractivity contribution in [1.29, 1.82) is 0 Å². The second-order valence-corrected chi connectivity index (χ2v) is 5.34. The van der Waals surface area contributed by atoms with Crippen molar-refractivity contribution in [2.75, 3.05) is 13.2 Å². The van der Waals surface area contributed by atoms with Crippen molar-refractivity contribution in [3.8, 4) is 0 Å². The Bertz CT molecular complexity index is 248. The summed E-state index contributed by atoms with van der Waals surface area (Å²) in [6, 6.07) is 0. The summed E-state index contributed by atoms with van der Waals surface area (Å²) in [4.78, 5) is 0. The predicted molar refractivity (Wildman–Crippen MR) is 73.1 cm³/mol. The van der Waals surface area contributed by atoms with Gasteiger partial charge in [-0.3, -0.25) is 0 Å². The molecule has 0 spiro atoms. The number of hydrogen-bond acceptors (Lipinski definition) is 6. The molecule has 0 unspecified atom stereocenters. The van der Waals surface area contributed by atoms with Crippen LogP contribution in [0.15, 0.2) is 0 Å².